The monoisotopic (exact) mass is 290 g/mol. The summed E-state index contributed by atoms with van der Waals surface area (Å²) in [4.78, 5) is 11.8. The van der Waals surface area contributed by atoms with Crippen molar-refractivity contribution in [3.05, 3.63) is 59.1 Å². The first-order valence-corrected chi connectivity index (χ1v) is 6.49. The van der Waals surface area contributed by atoms with Gasteiger partial charge in [0.25, 0.3) is 0 Å². The number of hydrogen-bond acceptors (Lipinski definition) is 2. The van der Waals surface area contributed by atoms with Gasteiger partial charge in [0.2, 0.25) is 0 Å². The Bertz CT molecular complexity index is 588. The van der Waals surface area contributed by atoms with Crippen LogP contribution in [-0.4, -0.2) is 13.1 Å². The molecule has 0 aromatic heterocycles. The Hall–Kier alpha value is -2.20. The lowest BCUT2D eigenvalue weighted by atomic mass is 10.2. The van der Waals surface area contributed by atoms with Crippen LogP contribution in [-0.2, 0) is 6.54 Å². The first-order valence-electron chi connectivity index (χ1n) is 6.11. The lowest BCUT2D eigenvalue weighted by Crippen LogP contribution is -2.28. The van der Waals surface area contributed by atoms with E-state index in [0.717, 1.165) is 5.56 Å². The van der Waals surface area contributed by atoms with Crippen LogP contribution in [0.3, 0.4) is 0 Å². The number of hydrogen-bond donors (Lipinski definition) is 2. The summed E-state index contributed by atoms with van der Waals surface area (Å²) in [5.74, 6) is 0.644. The van der Waals surface area contributed by atoms with Gasteiger partial charge in [0.05, 0.1) is 17.8 Å². The Morgan fingerprint density at radius 3 is 2.60 bits per heavy atom. The van der Waals surface area contributed by atoms with Crippen LogP contribution >= 0.6 is 11.6 Å². The standard InChI is InChI=1S/C15H15ClN2O2/c1-20-12-7-8-14(13(16)9-12)18-15(19)17-10-11-5-3-2-4-6-11/h2-9H,10H2,1H3,(H2,17,18,19). The van der Waals surface area contributed by atoms with Crippen molar-refractivity contribution < 1.29 is 9.53 Å². The quantitative estimate of drug-likeness (QED) is 0.902. The van der Waals surface area contributed by atoms with Gasteiger partial charge < -0.3 is 15.4 Å². The van der Waals surface area contributed by atoms with E-state index in [2.05, 4.69) is 10.6 Å². The minimum absolute atomic E-state index is 0.305. The van der Waals surface area contributed by atoms with Gasteiger partial charge in [0.15, 0.2) is 0 Å². The maximum absolute atomic E-state index is 11.8. The summed E-state index contributed by atoms with van der Waals surface area (Å²) in [6.45, 7) is 0.459. The summed E-state index contributed by atoms with van der Waals surface area (Å²) in [6.07, 6.45) is 0. The van der Waals surface area contributed by atoms with E-state index in [1.165, 1.54) is 0 Å². The molecule has 0 fully saturated rings. The number of carbonyl (C=O) groups is 1. The van der Waals surface area contributed by atoms with Crippen molar-refractivity contribution in [3.8, 4) is 5.75 Å². The minimum Gasteiger partial charge on any atom is -0.497 e. The van der Waals surface area contributed by atoms with Gasteiger partial charge in [-0.2, -0.15) is 0 Å². The molecule has 0 aliphatic carbocycles. The van der Waals surface area contributed by atoms with E-state index in [4.69, 9.17) is 16.3 Å². The van der Waals surface area contributed by atoms with E-state index in [1.54, 1.807) is 25.3 Å². The minimum atomic E-state index is -0.305. The summed E-state index contributed by atoms with van der Waals surface area (Å²) >= 11 is 6.05. The molecule has 0 unspecified atom stereocenters. The van der Waals surface area contributed by atoms with E-state index in [9.17, 15) is 4.79 Å². The van der Waals surface area contributed by atoms with Crippen LogP contribution in [0.4, 0.5) is 10.5 Å². The number of amides is 2. The summed E-state index contributed by atoms with van der Waals surface area (Å²) in [5.41, 5.74) is 1.57. The highest BCUT2D eigenvalue weighted by Crippen LogP contribution is 2.26. The van der Waals surface area contributed by atoms with Crippen LogP contribution in [0, 0.1) is 0 Å². The predicted octanol–water partition coefficient (Wildman–Crippen LogP) is 3.67. The van der Waals surface area contributed by atoms with Crippen molar-refractivity contribution >= 4 is 23.3 Å². The lowest BCUT2D eigenvalue weighted by molar-refractivity contribution is 0.251. The Morgan fingerprint density at radius 2 is 1.95 bits per heavy atom. The SMILES string of the molecule is COc1ccc(NC(=O)NCc2ccccc2)c(Cl)c1. The highest BCUT2D eigenvalue weighted by atomic mass is 35.5. The molecule has 104 valence electrons. The number of urea groups is 1. The summed E-state index contributed by atoms with van der Waals surface area (Å²) in [7, 11) is 1.56. The summed E-state index contributed by atoms with van der Waals surface area (Å²) in [5, 5.41) is 5.89. The van der Waals surface area contributed by atoms with Gasteiger partial charge in [-0.15, -0.1) is 0 Å². The Labute approximate surface area is 122 Å². The fourth-order valence-corrected chi connectivity index (χ4v) is 1.89. The lowest BCUT2D eigenvalue weighted by Gasteiger charge is -2.10. The van der Waals surface area contributed by atoms with Crippen LogP contribution < -0.4 is 15.4 Å². The van der Waals surface area contributed by atoms with Gasteiger partial charge in [-0.3, -0.25) is 0 Å². The van der Waals surface area contributed by atoms with Crippen LogP contribution in [0.25, 0.3) is 0 Å². The smallest absolute Gasteiger partial charge is 0.319 e. The number of rotatable bonds is 4. The number of halogens is 1. The largest absolute Gasteiger partial charge is 0.497 e. The normalized spacial score (nSPS) is 9.90. The van der Waals surface area contributed by atoms with Crippen molar-refractivity contribution in [2.24, 2.45) is 0 Å². The number of ether oxygens (including phenoxy) is 1. The fraction of sp³-hybridized carbons (Fsp3) is 0.133. The second kappa shape index (κ2) is 6.82. The van der Waals surface area contributed by atoms with E-state index in [1.807, 2.05) is 30.3 Å². The van der Waals surface area contributed by atoms with E-state index in [-0.39, 0.29) is 6.03 Å². The highest BCUT2D eigenvalue weighted by molar-refractivity contribution is 6.33. The molecule has 0 aliphatic rings. The Morgan fingerprint density at radius 1 is 1.20 bits per heavy atom. The molecular weight excluding hydrogens is 276 g/mol. The zero-order valence-corrected chi connectivity index (χ0v) is 11.8. The van der Waals surface area contributed by atoms with Crippen LogP contribution in [0.1, 0.15) is 5.56 Å². The van der Waals surface area contributed by atoms with Crippen LogP contribution in [0.2, 0.25) is 5.02 Å². The molecule has 2 rings (SSSR count). The number of methoxy groups -OCH3 is 1. The maximum atomic E-state index is 11.8. The van der Waals surface area contributed by atoms with Gasteiger partial charge in [-0.05, 0) is 17.7 Å². The molecule has 0 bridgehead atoms. The Balaban J connectivity index is 1.91. The summed E-state index contributed by atoms with van der Waals surface area (Å²) < 4.78 is 5.05. The first-order chi connectivity index (χ1) is 9.69. The molecular formula is C15H15ClN2O2. The van der Waals surface area contributed by atoms with Crippen LogP contribution in [0.15, 0.2) is 48.5 Å². The number of benzene rings is 2. The molecule has 2 N–H and O–H groups in total. The second-order valence-corrected chi connectivity index (χ2v) is 4.55. The first kappa shape index (κ1) is 14.2. The zero-order valence-electron chi connectivity index (χ0n) is 11.0. The maximum Gasteiger partial charge on any atom is 0.319 e. The van der Waals surface area contributed by atoms with Gasteiger partial charge in [0, 0.05) is 12.6 Å². The molecule has 2 aromatic rings. The van der Waals surface area contributed by atoms with Gasteiger partial charge >= 0.3 is 6.03 Å². The van der Waals surface area contributed by atoms with Crippen molar-refractivity contribution in [1.29, 1.82) is 0 Å². The number of anilines is 1. The van der Waals surface area contributed by atoms with Crippen molar-refractivity contribution in [2.75, 3.05) is 12.4 Å². The van der Waals surface area contributed by atoms with Gasteiger partial charge in [-0.25, -0.2) is 4.79 Å². The third-order valence-electron chi connectivity index (χ3n) is 2.72. The highest BCUT2D eigenvalue weighted by Gasteiger charge is 2.06. The molecule has 0 atom stereocenters. The summed E-state index contributed by atoms with van der Waals surface area (Å²) in [6, 6.07) is 14.4. The average molecular weight is 291 g/mol. The molecule has 2 amide bonds. The zero-order chi connectivity index (χ0) is 14.4. The molecule has 0 radical (unpaired) electrons. The molecule has 2 aromatic carbocycles. The molecule has 20 heavy (non-hydrogen) atoms. The topological polar surface area (TPSA) is 50.4 Å². The average Bonchev–Trinajstić information content (AvgIpc) is 2.48. The molecule has 0 saturated heterocycles. The predicted molar refractivity (Wildman–Crippen MR) is 80.3 cm³/mol. The van der Waals surface area contributed by atoms with Crippen molar-refractivity contribution in [2.45, 2.75) is 6.54 Å². The molecule has 0 saturated carbocycles. The second-order valence-electron chi connectivity index (χ2n) is 4.14. The Kier molecular flexibility index (Phi) is 4.85. The van der Waals surface area contributed by atoms with E-state index >= 15 is 0 Å². The molecule has 0 heterocycles. The third kappa shape index (κ3) is 3.90. The van der Waals surface area contributed by atoms with E-state index < -0.39 is 0 Å². The number of nitrogens with one attached hydrogen (secondary N) is 2. The molecule has 0 spiro atoms. The van der Waals surface area contributed by atoms with Gasteiger partial charge in [-0.1, -0.05) is 41.9 Å². The third-order valence-corrected chi connectivity index (χ3v) is 3.03. The fourth-order valence-electron chi connectivity index (χ4n) is 1.67. The van der Waals surface area contributed by atoms with Gasteiger partial charge in [0.1, 0.15) is 5.75 Å². The van der Waals surface area contributed by atoms with E-state index in [0.29, 0.717) is 23.0 Å². The molecule has 0 aliphatic heterocycles. The van der Waals surface area contributed by atoms with Crippen molar-refractivity contribution in [1.82, 2.24) is 5.32 Å². The molecule has 5 heteroatoms. The van der Waals surface area contributed by atoms with Crippen LogP contribution in [0.5, 0.6) is 5.75 Å². The molecule has 4 nitrogen and oxygen atoms in total. The van der Waals surface area contributed by atoms with Crippen molar-refractivity contribution in [3.63, 3.8) is 0 Å². The number of carbonyl (C=O) groups excluding carboxylic acids is 1.